The average molecular weight is 420 g/mol. The van der Waals surface area contributed by atoms with E-state index >= 15 is 0 Å². The Bertz CT molecular complexity index is 1120. The van der Waals surface area contributed by atoms with E-state index in [1.165, 1.54) is 23.1 Å². The molecule has 0 radical (unpaired) electrons. The third-order valence-electron chi connectivity index (χ3n) is 3.96. The molecule has 144 valence electrons. The van der Waals surface area contributed by atoms with Gasteiger partial charge in [0.1, 0.15) is 11.4 Å². The van der Waals surface area contributed by atoms with Gasteiger partial charge in [-0.1, -0.05) is 72.4 Å². The van der Waals surface area contributed by atoms with E-state index < -0.39 is 0 Å². The highest BCUT2D eigenvalue weighted by Crippen LogP contribution is 2.29. The molecule has 0 fully saturated rings. The van der Waals surface area contributed by atoms with Crippen molar-refractivity contribution >= 4 is 34.1 Å². The number of amides is 1. The third kappa shape index (κ3) is 4.85. The van der Waals surface area contributed by atoms with Crippen LogP contribution in [0.5, 0.6) is 0 Å². The maximum absolute atomic E-state index is 12.2. The molecule has 0 bridgehead atoms. The van der Waals surface area contributed by atoms with Crippen molar-refractivity contribution in [2.24, 2.45) is 0 Å². The lowest BCUT2D eigenvalue weighted by Gasteiger charge is -2.09. The van der Waals surface area contributed by atoms with Crippen LogP contribution >= 0.6 is 23.1 Å². The van der Waals surface area contributed by atoms with Crippen LogP contribution in [0.2, 0.25) is 0 Å². The third-order valence-corrected chi connectivity index (χ3v) is 5.63. The fourth-order valence-corrected chi connectivity index (χ4v) is 3.93. The summed E-state index contributed by atoms with van der Waals surface area (Å²) in [5.74, 6) is 0.0283. The lowest BCUT2D eigenvalue weighted by Crippen LogP contribution is -2.14. The second-order valence-electron chi connectivity index (χ2n) is 6.14. The van der Waals surface area contributed by atoms with E-state index in [1.807, 2.05) is 67.6 Å². The van der Waals surface area contributed by atoms with E-state index in [0.29, 0.717) is 16.0 Å². The Balaban J connectivity index is 1.56. The van der Waals surface area contributed by atoms with Crippen molar-refractivity contribution in [3.05, 3.63) is 71.7 Å². The Kier molecular flexibility index (Phi) is 5.92. The SMILES string of the molecule is Cc1cnc(NC(=O)CSc2nnc(-c3ccccc3)c(-c3ccccc3)n2)s1. The molecule has 4 rings (SSSR count). The average Bonchev–Trinajstić information content (AvgIpc) is 3.18. The quantitative estimate of drug-likeness (QED) is 0.456. The summed E-state index contributed by atoms with van der Waals surface area (Å²) in [4.78, 5) is 22.1. The molecule has 0 aliphatic carbocycles. The summed E-state index contributed by atoms with van der Waals surface area (Å²) in [5, 5.41) is 12.5. The van der Waals surface area contributed by atoms with Crippen molar-refractivity contribution in [1.29, 1.82) is 0 Å². The number of aryl methyl sites for hydroxylation is 1. The molecule has 0 aliphatic rings. The standard InChI is InChI=1S/C21H17N5OS2/c1-14-12-22-20(29-14)23-17(27)13-28-21-24-18(15-8-4-2-5-9-15)19(25-26-21)16-10-6-3-7-11-16/h2-12H,13H2,1H3,(H,22,23,27). The van der Waals surface area contributed by atoms with Crippen molar-refractivity contribution in [1.82, 2.24) is 20.2 Å². The highest BCUT2D eigenvalue weighted by atomic mass is 32.2. The molecule has 0 spiro atoms. The van der Waals surface area contributed by atoms with Crippen LogP contribution in [0.15, 0.2) is 72.0 Å². The zero-order chi connectivity index (χ0) is 20.1. The maximum atomic E-state index is 12.2. The molecule has 1 amide bonds. The summed E-state index contributed by atoms with van der Waals surface area (Å²) >= 11 is 2.69. The van der Waals surface area contributed by atoms with Crippen LogP contribution < -0.4 is 5.32 Å². The van der Waals surface area contributed by atoms with Crippen molar-refractivity contribution in [3.8, 4) is 22.5 Å². The summed E-state index contributed by atoms with van der Waals surface area (Å²) in [6.45, 7) is 1.95. The van der Waals surface area contributed by atoms with Crippen LogP contribution in [-0.2, 0) is 4.79 Å². The molecule has 0 saturated carbocycles. The van der Waals surface area contributed by atoms with Crippen LogP contribution in [-0.4, -0.2) is 31.8 Å². The minimum atomic E-state index is -0.152. The zero-order valence-corrected chi connectivity index (χ0v) is 17.2. The molecule has 6 nitrogen and oxygen atoms in total. The first-order valence-electron chi connectivity index (χ1n) is 8.90. The summed E-state index contributed by atoms with van der Waals surface area (Å²) in [7, 11) is 0. The van der Waals surface area contributed by atoms with Crippen molar-refractivity contribution < 1.29 is 4.79 Å². The van der Waals surface area contributed by atoms with Gasteiger partial charge in [0.15, 0.2) is 5.13 Å². The fraction of sp³-hybridized carbons (Fsp3) is 0.0952. The predicted molar refractivity (Wildman–Crippen MR) is 117 cm³/mol. The monoisotopic (exact) mass is 419 g/mol. The number of nitrogens with zero attached hydrogens (tertiary/aromatic N) is 4. The Hall–Kier alpha value is -3.10. The lowest BCUT2D eigenvalue weighted by molar-refractivity contribution is -0.113. The van der Waals surface area contributed by atoms with E-state index in [0.717, 1.165) is 21.7 Å². The molecule has 2 aromatic carbocycles. The number of hydrogen-bond donors (Lipinski definition) is 1. The van der Waals surface area contributed by atoms with Gasteiger partial charge in [0, 0.05) is 22.2 Å². The zero-order valence-electron chi connectivity index (χ0n) is 15.6. The number of nitrogens with one attached hydrogen (secondary N) is 1. The molecule has 0 atom stereocenters. The van der Waals surface area contributed by atoms with Gasteiger partial charge in [0.05, 0.1) is 5.75 Å². The number of carbonyl (C=O) groups is 1. The minimum Gasteiger partial charge on any atom is -0.301 e. The van der Waals surface area contributed by atoms with Gasteiger partial charge < -0.3 is 5.32 Å². The number of aromatic nitrogens is 4. The first-order chi connectivity index (χ1) is 14.2. The van der Waals surface area contributed by atoms with Gasteiger partial charge in [0.25, 0.3) is 0 Å². The van der Waals surface area contributed by atoms with Crippen LogP contribution in [0.25, 0.3) is 22.5 Å². The predicted octanol–water partition coefficient (Wildman–Crippen LogP) is 4.70. The topological polar surface area (TPSA) is 80.7 Å². The summed E-state index contributed by atoms with van der Waals surface area (Å²) in [6, 6.07) is 19.7. The van der Waals surface area contributed by atoms with E-state index in [-0.39, 0.29) is 11.7 Å². The number of thiazole rings is 1. The number of anilines is 1. The van der Waals surface area contributed by atoms with Crippen molar-refractivity contribution in [2.75, 3.05) is 11.1 Å². The Morgan fingerprint density at radius 2 is 1.62 bits per heavy atom. The maximum Gasteiger partial charge on any atom is 0.236 e. The number of hydrogen-bond acceptors (Lipinski definition) is 7. The molecule has 1 N–H and O–H groups in total. The van der Waals surface area contributed by atoms with E-state index in [2.05, 4.69) is 20.5 Å². The van der Waals surface area contributed by atoms with Gasteiger partial charge in [-0.3, -0.25) is 4.79 Å². The first kappa shape index (κ1) is 19.2. The van der Waals surface area contributed by atoms with Gasteiger partial charge in [-0.05, 0) is 6.92 Å². The van der Waals surface area contributed by atoms with Gasteiger partial charge >= 0.3 is 0 Å². The van der Waals surface area contributed by atoms with E-state index in [9.17, 15) is 4.79 Å². The Labute approximate surface area is 176 Å². The van der Waals surface area contributed by atoms with Crippen LogP contribution in [0.4, 0.5) is 5.13 Å². The van der Waals surface area contributed by atoms with Crippen molar-refractivity contribution in [3.63, 3.8) is 0 Å². The second-order valence-corrected chi connectivity index (χ2v) is 8.31. The van der Waals surface area contributed by atoms with Crippen LogP contribution in [0, 0.1) is 6.92 Å². The normalized spacial score (nSPS) is 10.7. The Morgan fingerprint density at radius 1 is 0.966 bits per heavy atom. The minimum absolute atomic E-state index is 0.152. The molecule has 2 heterocycles. The number of benzene rings is 2. The first-order valence-corrected chi connectivity index (χ1v) is 10.7. The molecular formula is C21H17N5OS2. The highest BCUT2D eigenvalue weighted by molar-refractivity contribution is 7.99. The van der Waals surface area contributed by atoms with E-state index in [4.69, 9.17) is 4.98 Å². The fourth-order valence-electron chi connectivity index (χ4n) is 2.66. The van der Waals surface area contributed by atoms with Gasteiger partial charge in [-0.2, -0.15) is 0 Å². The number of carbonyl (C=O) groups excluding carboxylic acids is 1. The van der Waals surface area contributed by atoms with Crippen LogP contribution in [0.1, 0.15) is 4.88 Å². The van der Waals surface area contributed by atoms with Crippen molar-refractivity contribution in [2.45, 2.75) is 12.1 Å². The molecule has 0 aliphatic heterocycles. The number of thioether (sulfide) groups is 1. The van der Waals surface area contributed by atoms with Gasteiger partial charge in [-0.25, -0.2) is 9.97 Å². The molecular weight excluding hydrogens is 402 g/mol. The molecule has 0 unspecified atom stereocenters. The lowest BCUT2D eigenvalue weighted by atomic mass is 10.0. The summed E-state index contributed by atoms with van der Waals surface area (Å²) < 4.78 is 0. The molecule has 2 aromatic heterocycles. The van der Waals surface area contributed by atoms with Crippen LogP contribution in [0.3, 0.4) is 0 Å². The summed E-state index contributed by atoms with van der Waals surface area (Å²) in [6.07, 6.45) is 1.73. The summed E-state index contributed by atoms with van der Waals surface area (Å²) in [5.41, 5.74) is 3.35. The molecule has 8 heteroatoms. The molecule has 0 saturated heterocycles. The van der Waals surface area contributed by atoms with E-state index in [1.54, 1.807) is 6.20 Å². The molecule has 29 heavy (non-hydrogen) atoms. The van der Waals surface area contributed by atoms with Gasteiger partial charge in [0.2, 0.25) is 11.1 Å². The highest BCUT2D eigenvalue weighted by Gasteiger charge is 2.15. The smallest absolute Gasteiger partial charge is 0.236 e. The van der Waals surface area contributed by atoms with Gasteiger partial charge in [-0.15, -0.1) is 21.5 Å². The Morgan fingerprint density at radius 3 is 2.24 bits per heavy atom. The largest absolute Gasteiger partial charge is 0.301 e. The second kappa shape index (κ2) is 8.93. The number of rotatable bonds is 6. The molecule has 4 aromatic rings.